The van der Waals surface area contributed by atoms with Crippen molar-refractivity contribution in [2.24, 2.45) is 5.73 Å². The average molecular weight is 303 g/mol. The van der Waals surface area contributed by atoms with Crippen LogP contribution in [-0.2, 0) is 16.6 Å². The van der Waals surface area contributed by atoms with Crippen LogP contribution in [0.15, 0.2) is 15.4 Å². The molecule has 7 heteroatoms. The number of nitrogens with zero attached hydrogens (tertiary/aromatic N) is 2. The van der Waals surface area contributed by atoms with Gasteiger partial charge in [-0.05, 0) is 27.9 Å². The second-order valence-electron chi connectivity index (χ2n) is 5.16. The SMILES string of the molecule is CCN(C(C)CN(C)C)S(=O)(=O)c1cc(CN)oc1C. The molecular weight excluding hydrogens is 278 g/mol. The molecule has 0 aliphatic rings. The third-order valence-electron chi connectivity index (χ3n) is 3.14. The smallest absolute Gasteiger partial charge is 0.246 e. The zero-order valence-electron chi connectivity index (χ0n) is 12.9. The Labute approximate surface area is 121 Å². The number of furan rings is 1. The van der Waals surface area contributed by atoms with Gasteiger partial charge in [-0.1, -0.05) is 6.92 Å². The molecule has 1 rings (SSSR count). The van der Waals surface area contributed by atoms with Crippen LogP contribution in [0.3, 0.4) is 0 Å². The maximum Gasteiger partial charge on any atom is 0.246 e. The summed E-state index contributed by atoms with van der Waals surface area (Å²) in [5, 5.41) is 0. The van der Waals surface area contributed by atoms with E-state index in [9.17, 15) is 8.42 Å². The summed E-state index contributed by atoms with van der Waals surface area (Å²) in [7, 11) is 0.288. The van der Waals surface area contributed by atoms with Gasteiger partial charge in [0.2, 0.25) is 10.0 Å². The maximum atomic E-state index is 12.7. The van der Waals surface area contributed by atoms with Crippen LogP contribution >= 0.6 is 0 Å². The topological polar surface area (TPSA) is 79.8 Å². The molecule has 0 amide bonds. The third kappa shape index (κ3) is 3.60. The molecule has 1 unspecified atom stereocenters. The monoisotopic (exact) mass is 303 g/mol. The normalized spacial score (nSPS) is 14.2. The summed E-state index contributed by atoms with van der Waals surface area (Å²) in [6.07, 6.45) is 0. The van der Waals surface area contributed by atoms with Crippen LogP contribution in [0.4, 0.5) is 0 Å². The Kier molecular flexibility index (Phi) is 5.76. The van der Waals surface area contributed by atoms with E-state index in [4.69, 9.17) is 10.2 Å². The van der Waals surface area contributed by atoms with Crippen molar-refractivity contribution in [3.8, 4) is 0 Å². The lowest BCUT2D eigenvalue weighted by Crippen LogP contribution is -2.43. The molecule has 20 heavy (non-hydrogen) atoms. The average Bonchev–Trinajstić information content (AvgIpc) is 2.70. The van der Waals surface area contributed by atoms with Crippen molar-refractivity contribution in [3.63, 3.8) is 0 Å². The minimum atomic E-state index is -3.56. The van der Waals surface area contributed by atoms with E-state index in [2.05, 4.69) is 0 Å². The van der Waals surface area contributed by atoms with Gasteiger partial charge in [0, 0.05) is 25.2 Å². The zero-order chi connectivity index (χ0) is 15.5. The Hall–Kier alpha value is -0.890. The van der Waals surface area contributed by atoms with Crippen LogP contribution in [-0.4, -0.2) is 50.8 Å². The molecule has 1 heterocycles. The summed E-state index contributed by atoms with van der Waals surface area (Å²) in [5.74, 6) is 0.873. The Morgan fingerprint density at radius 3 is 2.40 bits per heavy atom. The molecule has 0 saturated carbocycles. The van der Waals surface area contributed by atoms with E-state index in [1.165, 1.54) is 10.4 Å². The summed E-state index contributed by atoms with van der Waals surface area (Å²) in [4.78, 5) is 2.18. The molecule has 0 radical (unpaired) electrons. The summed E-state index contributed by atoms with van der Waals surface area (Å²) in [6, 6.07) is 1.41. The van der Waals surface area contributed by atoms with Crippen molar-refractivity contribution in [3.05, 3.63) is 17.6 Å². The standard InChI is InChI=1S/C13H25N3O3S/c1-6-16(10(2)9-15(4)5)20(17,18)13-7-12(8-14)19-11(13)3/h7,10H,6,8-9,14H2,1-5H3. The first kappa shape index (κ1) is 17.2. The minimum absolute atomic E-state index is 0.115. The highest BCUT2D eigenvalue weighted by atomic mass is 32.2. The second kappa shape index (κ2) is 6.71. The van der Waals surface area contributed by atoms with Crippen molar-refractivity contribution in [2.75, 3.05) is 27.2 Å². The van der Waals surface area contributed by atoms with Crippen molar-refractivity contribution in [1.82, 2.24) is 9.21 Å². The van der Waals surface area contributed by atoms with E-state index in [0.717, 1.165) is 0 Å². The lowest BCUT2D eigenvalue weighted by atomic mass is 10.3. The van der Waals surface area contributed by atoms with Crippen molar-refractivity contribution >= 4 is 10.0 Å². The quantitative estimate of drug-likeness (QED) is 0.813. The first-order valence-electron chi connectivity index (χ1n) is 6.70. The largest absolute Gasteiger partial charge is 0.464 e. The molecule has 1 atom stereocenters. The van der Waals surface area contributed by atoms with Crippen LogP contribution in [0.5, 0.6) is 0 Å². The Morgan fingerprint density at radius 1 is 1.40 bits per heavy atom. The van der Waals surface area contributed by atoms with E-state index < -0.39 is 10.0 Å². The summed E-state index contributed by atoms with van der Waals surface area (Å²) >= 11 is 0. The second-order valence-corrected chi connectivity index (χ2v) is 7.02. The van der Waals surface area contributed by atoms with Crippen LogP contribution in [0.1, 0.15) is 25.4 Å². The zero-order valence-corrected chi connectivity index (χ0v) is 13.7. The van der Waals surface area contributed by atoms with Gasteiger partial charge in [0.25, 0.3) is 0 Å². The minimum Gasteiger partial charge on any atom is -0.464 e. The molecule has 0 fully saturated rings. The predicted octanol–water partition coefficient (Wildman–Crippen LogP) is 1.01. The fourth-order valence-corrected chi connectivity index (χ4v) is 4.16. The molecule has 0 bridgehead atoms. The van der Waals surface area contributed by atoms with Gasteiger partial charge in [-0.3, -0.25) is 0 Å². The Morgan fingerprint density at radius 2 is 2.00 bits per heavy atom. The molecule has 0 aromatic carbocycles. The van der Waals surface area contributed by atoms with E-state index in [-0.39, 0.29) is 17.5 Å². The van der Waals surface area contributed by atoms with Gasteiger partial charge < -0.3 is 15.1 Å². The fraction of sp³-hybridized carbons (Fsp3) is 0.692. The summed E-state index contributed by atoms with van der Waals surface area (Å²) < 4.78 is 32.3. The number of nitrogens with two attached hydrogens (primary N) is 1. The molecule has 0 spiro atoms. The number of aryl methyl sites for hydroxylation is 1. The molecule has 1 aromatic heterocycles. The predicted molar refractivity (Wildman–Crippen MR) is 78.9 cm³/mol. The molecule has 116 valence electrons. The molecule has 0 aliphatic carbocycles. The summed E-state index contributed by atoms with van der Waals surface area (Å²) in [6.45, 7) is 6.66. The highest BCUT2D eigenvalue weighted by molar-refractivity contribution is 7.89. The highest BCUT2D eigenvalue weighted by Gasteiger charge is 2.31. The fourth-order valence-electron chi connectivity index (χ4n) is 2.35. The van der Waals surface area contributed by atoms with Gasteiger partial charge in [-0.2, -0.15) is 4.31 Å². The van der Waals surface area contributed by atoms with E-state index >= 15 is 0 Å². The number of likely N-dealkylation sites (N-methyl/N-ethyl adjacent to an activating group) is 2. The third-order valence-corrected chi connectivity index (χ3v) is 5.34. The first-order valence-corrected chi connectivity index (χ1v) is 8.14. The molecule has 0 aliphatic heterocycles. The van der Waals surface area contributed by atoms with Crippen LogP contribution in [0, 0.1) is 6.92 Å². The van der Waals surface area contributed by atoms with Gasteiger partial charge in [-0.15, -0.1) is 0 Å². The lowest BCUT2D eigenvalue weighted by molar-refractivity contribution is 0.271. The molecule has 0 saturated heterocycles. The Bertz CT molecular complexity index is 537. The number of sulfonamides is 1. The van der Waals surface area contributed by atoms with Gasteiger partial charge >= 0.3 is 0 Å². The van der Waals surface area contributed by atoms with Crippen molar-refractivity contribution in [1.29, 1.82) is 0 Å². The van der Waals surface area contributed by atoms with Crippen molar-refractivity contribution in [2.45, 2.75) is 38.3 Å². The van der Waals surface area contributed by atoms with Gasteiger partial charge in [-0.25, -0.2) is 8.42 Å². The number of hydrogen-bond donors (Lipinski definition) is 1. The molecule has 6 nitrogen and oxygen atoms in total. The lowest BCUT2D eigenvalue weighted by Gasteiger charge is -2.28. The Balaban J connectivity index is 3.14. The number of hydrogen-bond acceptors (Lipinski definition) is 5. The van der Waals surface area contributed by atoms with Crippen molar-refractivity contribution < 1.29 is 12.8 Å². The highest BCUT2D eigenvalue weighted by Crippen LogP contribution is 2.25. The molecule has 2 N–H and O–H groups in total. The van der Waals surface area contributed by atoms with Crippen LogP contribution in [0.2, 0.25) is 0 Å². The molecule has 1 aromatic rings. The van der Waals surface area contributed by atoms with E-state index in [1.807, 2.05) is 32.8 Å². The van der Waals surface area contributed by atoms with E-state index in [0.29, 0.717) is 24.6 Å². The van der Waals surface area contributed by atoms with Gasteiger partial charge in [0.05, 0.1) is 6.54 Å². The van der Waals surface area contributed by atoms with Gasteiger partial charge in [0.1, 0.15) is 16.4 Å². The summed E-state index contributed by atoms with van der Waals surface area (Å²) in [5.41, 5.74) is 5.50. The van der Waals surface area contributed by atoms with Crippen LogP contribution < -0.4 is 5.73 Å². The van der Waals surface area contributed by atoms with Gasteiger partial charge in [0.15, 0.2) is 0 Å². The number of rotatable bonds is 7. The maximum absolute atomic E-state index is 12.7. The van der Waals surface area contributed by atoms with Crippen LogP contribution in [0.25, 0.3) is 0 Å². The first-order chi connectivity index (χ1) is 9.23. The van der Waals surface area contributed by atoms with E-state index in [1.54, 1.807) is 6.92 Å². The molecular formula is C13H25N3O3S.